The average molecular weight is 421 g/mol. The molecule has 0 bridgehead atoms. The lowest BCUT2D eigenvalue weighted by atomic mass is 10.2. The fourth-order valence-corrected chi connectivity index (χ4v) is 6.56. The molecule has 0 radical (unpaired) electrons. The molecule has 1 amide bonds. The number of fused-ring (bicyclic) bond motifs is 1. The molecule has 1 aromatic carbocycles. The maximum absolute atomic E-state index is 12.9. The summed E-state index contributed by atoms with van der Waals surface area (Å²) < 4.78 is 32.9. The molecule has 4 rings (SSSR count). The lowest BCUT2D eigenvalue weighted by Gasteiger charge is -2.34. The van der Waals surface area contributed by atoms with Crippen molar-refractivity contribution in [3.63, 3.8) is 0 Å². The van der Waals surface area contributed by atoms with E-state index in [1.165, 1.54) is 21.2 Å². The van der Waals surface area contributed by atoms with E-state index >= 15 is 0 Å². The zero-order valence-corrected chi connectivity index (χ0v) is 17.6. The Morgan fingerprint density at radius 3 is 2.46 bits per heavy atom. The van der Waals surface area contributed by atoms with E-state index in [4.69, 9.17) is 4.74 Å². The second kappa shape index (κ2) is 7.59. The Hall–Kier alpha value is -1.74. The van der Waals surface area contributed by atoms with Gasteiger partial charge in [-0.3, -0.25) is 4.79 Å². The first-order valence-electron chi connectivity index (χ1n) is 9.51. The summed E-state index contributed by atoms with van der Waals surface area (Å²) >= 11 is 1.55. The number of carbonyl (C=O) groups is 1. The Morgan fingerprint density at radius 2 is 1.82 bits per heavy atom. The predicted octanol–water partition coefficient (Wildman–Crippen LogP) is 3.29. The molecule has 0 spiro atoms. The molecule has 2 aromatic rings. The summed E-state index contributed by atoms with van der Waals surface area (Å²) in [7, 11) is -3.58. The number of nitrogens with one attached hydrogen (secondary N) is 1. The van der Waals surface area contributed by atoms with E-state index < -0.39 is 10.0 Å². The van der Waals surface area contributed by atoms with Gasteiger partial charge in [0.05, 0.1) is 22.0 Å². The highest BCUT2D eigenvalue weighted by atomic mass is 32.2. The number of hydrogen-bond donors (Lipinski definition) is 1. The third kappa shape index (κ3) is 3.87. The number of thiophene rings is 1. The summed E-state index contributed by atoms with van der Waals surface area (Å²) in [4.78, 5) is 14.7. The van der Waals surface area contributed by atoms with Crippen LogP contribution in [0, 0.1) is 0 Å². The third-order valence-corrected chi connectivity index (χ3v) is 8.19. The van der Waals surface area contributed by atoms with Crippen molar-refractivity contribution in [2.45, 2.75) is 50.2 Å². The Morgan fingerprint density at radius 1 is 1.14 bits per heavy atom. The summed E-state index contributed by atoms with van der Waals surface area (Å²) in [6.07, 6.45) is 3.00. The molecule has 0 saturated carbocycles. The molecule has 28 heavy (non-hydrogen) atoms. The van der Waals surface area contributed by atoms with Crippen LogP contribution in [0.5, 0.6) is 0 Å². The van der Waals surface area contributed by atoms with Crippen molar-refractivity contribution < 1.29 is 17.9 Å². The van der Waals surface area contributed by atoms with E-state index in [9.17, 15) is 13.2 Å². The van der Waals surface area contributed by atoms with Crippen molar-refractivity contribution in [2.24, 2.45) is 0 Å². The fraction of sp³-hybridized carbons (Fsp3) is 0.450. The van der Waals surface area contributed by atoms with Gasteiger partial charge in [-0.2, -0.15) is 4.31 Å². The van der Waals surface area contributed by atoms with Gasteiger partial charge in [0.1, 0.15) is 0 Å². The lowest BCUT2D eigenvalue weighted by Crippen LogP contribution is -2.48. The van der Waals surface area contributed by atoms with Gasteiger partial charge >= 0.3 is 0 Å². The standard InChI is InChI=1S/C20H24N2O4S2/c1-13-11-22(12-14(2)26-13)28(24,25)17-8-6-16(7-9-17)21-20(23)19-10-15-4-3-5-18(15)27-19/h6-10,13-14H,3-5,11-12H2,1-2H3,(H,21,23)/t13-,14+. The largest absolute Gasteiger partial charge is 0.373 e. The van der Waals surface area contributed by atoms with Crippen LogP contribution in [0.25, 0.3) is 0 Å². The van der Waals surface area contributed by atoms with Crippen LogP contribution in [-0.4, -0.2) is 43.9 Å². The van der Waals surface area contributed by atoms with Gasteiger partial charge in [-0.15, -0.1) is 11.3 Å². The quantitative estimate of drug-likeness (QED) is 0.824. The highest BCUT2D eigenvalue weighted by Gasteiger charge is 2.32. The van der Waals surface area contributed by atoms with Crippen LogP contribution >= 0.6 is 11.3 Å². The van der Waals surface area contributed by atoms with Gasteiger partial charge in [0.15, 0.2) is 0 Å². The van der Waals surface area contributed by atoms with Crippen LogP contribution in [0.15, 0.2) is 35.2 Å². The Kier molecular flexibility index (Phi) is 5.30. The normalized spacial score (nSPS) is 22.8. The maximum Gasteiger partial charge on any atom is 0.265 e. The average Bonchev–Trinajstić information content (AvgIpc) is 3.23. The van der Waals surface area contributed by atoms with Crippen molar-refractivity contribution in [2.75, 3.05) is 18.4 Å². The Labute approximate surface area is 169 Å². The summed E-state index contributed by atoms with van der Waals surface area (Å²) in [5.41, 5.74) is 1.87. The van der Waals surface area contributed by atoms with Crippen molar-refractivity contribution in [1.82, 2.24) is 4.31 Å². The maximum atomic E-state index is 12.9. The number of carbonyl (C=O) groups excluding carboxylic acids is 1. The molecule has 2 aliphatic rings. The van der Waals surface area contributed by atoms with Crippen LogP contribution < -0.4 is 5.32 Å². The zero-order chi connectivity index (χ0) is 19.9. The number of amides is 1. The number of sulfonamides is 1. The second-order valence-electron chi connectivity index (χ2n) is 7.47. The second-order valence-corrected chi connectivity index (χ2v) is 10.5. The van der Waals surface area contributed by atoms with Crippen LogP contribution in [0.1, 0.15) is 40.4 Å². The molecule has 6 nitrogen and oxygen atoms in total. The minimum atomic E-state index is -3.58. The van der Waals surface area contributed by atoms with Gasteiger partial charge in [0.2, 0.25) is 10.0 Å². The zero-order valence-electron chi connectivity index (χ0n) is 16.0. The van der Waals surface area contributed by atoms with E-state index in [1.807, 2.05) is 19.9 Å². The van der Waals surface area contributed by atoms with E-state index in [-0.39, 0.29) is 23.0 Å². The first kappa shape index (κ1) is 19.6. The first-order valence-corrected chi connectivity index (χ1v) is 11.8. The molecule has 1 aliphatic carbocycles. The summed E-state index contributed by atoms with van der Waals surface area (Å²) in [5, 5.41) is 2.86. The molecule has 1 aromatic heterocycles. The van der Waals surface area contributed by atoms with Gasteiger partial charge < -0.3 is 10.1 Å². The number of aryl methyl sites for hydroxylation is 2. The highest BCUT2D eigenvalue weighted by Crippen LogP contribution is 2.31. The van der Waals surface area contributed by atoms with Gasteiger partial charge in [-0.1, -0.05) is 0 Å². The lowest BCUT2D eigenvalue weighted by molar-refractivity contribution is -0.0440. The molecule has 1 N–H and O–H groups in total. The first-order chi connectivity index (χ1) is 13.3. The highest BCUT2D eigenvalue weighted by molar-refractivity contribution is 7.89. The van der Waals surface area contributed by atoms with Crippen molar-refractivity contribution in [3.8, 4) is 0 Å². The molecular formula is C20H24N2O4S2. The molecule has 1 saturated heterocycles. The van der Waals surface area contributed by atoms with Crippen LogP contribution in [-0.2, 0) is 27.6 Å². The Bertz CT molecular complexity index is 951. The van der Waals surface area contributed by atoms with Crippen molar-refractivity contribution in [1.29, 1.82) is 0 Å². The summed E-state index contributed by atoms with van der Waals surface area (Å²) in [6, 6.07) is 8.34. The molecule has 1 fully saturated rings. The van der Waals surface area contributed by atoms with E-state index in [1.54, 1.807) is 35.6 Å². The molecule has 150 valence electrons. The van der Waals surface area contributed by atoms with E-state index in [2.05, 4.69) is 5.32 Å². The number of rotatable bonds is 4. The number of benzene rings is 1. The van der Waals surface area contributed by atoms with E-state index in [0.717, 1.165) is 12.8 Å². The van der Waals surface area contributed by atoms with E-state index in [0.29, 0.717) is 23.7 Å². The molecule has 2 heterocycles. The van der Waals surface area contributed by atoms with Crippen LogP contribution in [0.4, 0.5) is 5.69 Å². The van der Waals surface area contributed by atoms with Crippen LogP contribution in [0.3, 0.4) is 0 Å². The van der Waals surface area contributed by atoms with Crippen molar-refractivity contribution in [3.05, 3.63) is 45.6 Å². The number of ether oxygens (including phenoxy) is 1. The van der Waals surface area contributed by atoms with Gasteiger partial charge in [-0.25, -0.2) is 8.42 Å². The van der Waals surface area contributed by atoms with Gasteiger partial charge in [0, 0.05) is 23.7 Å². The van der Waals surface area contributed by atoms with Crippen LogP contribution in [0.2, 0.25) is 0 Å². The molecule has 2 atom stereocenters. The Balaban J connectivity index is 1.46. The molecular weight excluding hydrogens is 396 g/mol. The number of anilines is 1. The van der Waals surface area contributed by atoms with Gasteiger partial charge in [-0.05, 0) is 69.0 Å². The topological polar surface area (TPSA) is 75.7 Å². The van der Waals surface area contributed by atoms with Crippen molar-refractivity contribution >= 4 is 33.0 Å². The third-order valence-electron chi connectivity index (χ3n) is 5.11. The number of hydrogen-bond acceptors (Lipinski definition) is 5. The number of nitrogens with zero attached hydrogens (tertiary/aromatic N) is 1. The molecule has 8 heteroatoms. The molecule has 1 aliphatic heterocycles. The summed E-state index contributed by atoms with van der Waals surface area (Å²) in [5.74, 6) is -0.147. The summed E-state index contributed by atoms with van der Waals surface area (Å²) in [6.45, 7) is 4.43. The minimum Gasteiger partial charge on any atom is -0.373 e. The smallest absolute Gasteiger partial charge is 0.265 e. The fourth-order valence-electron chi connectivity index (χ4n) is 3.82. The van der Waals surface area contributed by atoms with Gasteiger partial charge in [0.25, 0.3) is 5.91 Å². The minimum absolute atomic E-state index is 0.135. The number of morpholine rings is 1. The molecule has 0 unspecified atom stereocenters. The predicted molar refractivity (Wildman–Crippen MR) is 110 cm³/mol. The SMILES string of the molecule is C[C@@H]1CN(S(=O)(=O)c2ccc(NC(=O)c3cc4c(s3)CCC4)cc2)C[C@H](C)O1. The monoisotopic (exact) mass is 420 g/mol.